The molecule has 1 atom stereocenters. The molecule has 0 spiro atoms. The van der Waals surface area contributed by atoms with Crippen LogP contribution in [-0.2, 0) is 20.0 Å². The number of aromatic nitrogens is 5. The number of aryl methyl sites for hydroxylation is 3. The number of rotatable bonds is 6. The fourth-order valence-electron chi connectivity index (χ4n) is 5.34. The number of anilines is 1. The highest BCUT2D eigenvalue weighted by Gasteiger charge is 2.27. The average molecular weight is 497 g/mol. The summed E-state index contributed by atoms with van der Waals surface area (Å²) < 4.78 is 26.1. The Hall–Kier alpha value is -3.43. The summed E-state index contributed by atoms with van der Waals surface area (Å²) in [7, 11) is 1.76. The Morgan fingerprint density at radius 2 is 1.94 bits per heavy atom. The number of carbonyl (C=O) groups is 1. The summed E-state index contributed by atoms with van der Waals surface area (Å²) in [5, 5.41) is 11.4. The maximum Gasteiger partial charge on any atom is 0.350 e. The van der Waals surface area contributed by atoms with Crippen LogP contribution in [0.1, 0.15) is 73.6 Å². The second-order valence-corrected chi connectivity index (χ2v) is 10.0. The molecule has 1 amide bonds. The van der Waals surface area contributed by atoms with Crippen LogP contribution in [0, 0.1) is 18.7 Å². The van der Waals surface area contributed by atoms with E-state index in [0.29, 0.717) is 30.5 Å². The molecular weight excluding hydrogens is 463 g/mol. The standard InChI is InChI=1S/C26H33FN6O3/c1-16-15-31(3)30-24(16)28-25(34)19-13-20(27)21(33-26(35)32-12-8-7-11-23(32)29-33)14-22(19)36-17(2)18-9-5-4-6-10-18/h13-15,17-18H,4-12H2,1-3H3,(H,28,30,34). The summed E-state index contributed by atoms with van der Waals surface area (Å²) in [4.78, 5) is 26.3. The van der Waals surface area contributed by atoms with Gasteiger partial charge >= 0.3 is 5.69 Å². The zero-order valence-corrected chi connectivity index (χ0v) is 21.1. The van der Waals surface area contributed by atoms with Crippen molar-refractivity contribution in [3.63, 3.8) is 0 Å². The van der Waals surface area contributed by atoms with Crippen LogP contribution in [0.15, 0.2) is 23.1 Å². The molecule has 10 heteroatoms. The number of carbonyl (C=O) groups excluding carboxylic acids is 1. The minimum atomic E-state index is -0.715. The van der Waals surface area contributed by atoms with Gasteiger partial charge in [0, 0.05) is 37.8 Å². The predicted octanol–water partition coefficient (Wildman–Crippen LogP) is 4.15. The summed E-state index contributed by atoms with van der Waals surface area (Å²) in [5.41, 5.74) is 0.451. The normalized spacial score (nSPS) is 17.0. The molecule has 3 heterocycles. The van der Waals surface area contributed by atoms with Gasteiger partial charge in [0.1, 0.15) is 23.1 Å². The summed E-state index contributed by atoms with van der Waals surface area (Å²) >= 11 is 0. The van der Waals surface area contributed by atoms with Gasteiger partial charge in [-0.25, -0.2) is 9.18 Å². The number of nitrogens with zero attached hydrogens (tertiary/aromatic N) is 5. The molecule has 36 heavy (non-hydrogen) atoms. The zero-order chi connectivity index (χ0) is 25.4. The molecular formula is C26H33FN6O3. The highest BCUT2D eigenvalue weighted by atomic mass is 19.1. The van der Waals surface area contributed by atoms with Crippen molar-refractivity contribution < 1.29 is 13.9 Å². The van der Waals surface area contributed by atoms with Gasteiger partial charge in [-0.2, -0.15) is 9.78 Å². The first-order chi connectivity index (χ1) is 17.3. The van der Waals surface area contributed by atoms with Gasteiger partial charge in [0.25, 0.3) is 5.91 Å². The molecule has 0 saturated heterocycles. The van der Waals surface area contributed by atoms with Gasteiger partial charge < -0.3 is 10.1 Å². The third-order valence-electron chi connectivity index (χ3n) is 7.36. The van der Waals surface area contributed by atoms with Crippen LogP contribution in [0.3, 0.4) is 0 Å². The second kappa shape index (κ2) is 9.91. The Balaban J connectivity index is 1.54. The zero-order valence-electron chi connectivity index (χ0n) is 21.1. The largest absolute Gasteiger partial charge is 0.490 e. The fourth-order valence-corrected chi connectivity index (χ4v) is 5.34. The molecule has 0 bridgehead atoms. The molecule has 2 aliphatic rings. The number of hydrogen-bond acceptors (Lipinski definition) is 5. The monoisotopic (exact) mass is 496 g/mol. The van der Waals surface area contributed by atoms with Crippen LogP contribution in [0.4, 0.5) is 10.2 Å². The number of fused-ring (bicyclic) bond motifs is 1. The van der Waals surface area contributed by atoms with E-state index in [4.69, 9.17) is 4.74 Å². The van der Waals surface area contributed by atoms with E-state index in [1.807, 2.05) is 13.8 Å². The average Bonchev–Trinajstić information content (AvgIpc) is 3.37. The predicted molar refractivity (Wildman–Crippen MR) is 133 cm³/mol. The minimum absolute atomic E-state index is 0.0155. The van der Waals surface area contributed by atoms with Gasteiger partial charge in [0.2, 0.25) is 0 Å². The summed E-state index contributed by atoms with van der Waals surface area (Å²) in [6.45, 7) is 4.40. The van der Waals surface area contributed by atoms with Crippen LogP contribution >= 0.6 is 0 Å². The van der Waals surface area contributed by atoms with Crippen molar-refractivity contribution in [2.75, 3.05) is 5.32 Å². The van der Waals surface area contributed by atoms with Crippen LogP contribution in [0.5, 0.6) is 5.75 Å². The van der Waals surface area contributed by atoms with Crippen molar-refractivity contribution in [2.45, 2.75) is 77.9 Å². The number of nitrogens with one attached hydrogen (secondary N) is 1. The molecule has 9 nitrogen and oxygen atoms in total. The molecule has 1 fully saturated rings. The highest BCUT2D eigenvalue weighted by molar-refractivity contribution is 6.06. The van der Waals surface area contributed by atoms with Gasteiger partial charge in [-0.1, -0.05) is 19.3 Å². The van der Waals surface area contributed by atoms with E-state index >= 15 is 4.39 Å². The summed E-state index contributed by atoms with van der Waals surface area (Å²) in [5.74, 6) is 0.391. The minimum Gasteiger partial charge on any atom is -0.490 e. The Bertz CT molecular complexity index is 1330. The van der Waals surface area contributed by atoms with E-state index in [1.165, 1.54) is 12.5 Å². The highest BCUT2D eigenvalue weighted by Crippen LogP contribution is 2.32. The Morgan fingerprint density at radius 3 is 2.64 bits per heavy atom. The number of amides is 1. The van der Waals surface area contributed by atoms with Gasteiger partial charge in [0.15, 0.2) is 5.82 Å². The SMILES string of the molecule is Cc1cn(C)nc1NC(=O)c1cc(F)c(-n2nc3n(c2=O)CCCC3)cc1OC(C)C1CCCCC1. The fraction of sp³-hybridized carbons (Fsp3) is 0.538. The van der Waals surface area contributed by atoms with Gasteiger partial charge in [0.05, 0.1) is 11.7 Å². The molecule has 192 valence electrons. The van der Waals surface area contributed by atoms with Crippen molar-refractivity contribution >= 4 is 11.7 Å². The molecule has 2 aromatic heterocycles. The molecule has 1 aliphatic carbocycles. The molecule has 1 aromatic carbocycles. The van der Waals surface area contributed by atoms with Crippen molar-refractivity contribution in [1.82, 2.24) is 24.1 Å². The quantitative estimate of drug-likeness (QED) is 0.553. The third-order valence-corrected chi connectivity index (χ3v) is 7.36. The van der Waals surface area contributed by atoms with Crippen molar-refractivity contribution in [3.8, 4) is 11.4 Å². The summed E-state index contributed by atoms with van der Waals surface area (Å²) in [6.07, 6.45) is 9.75. The van der Waals surface area contributed by atoms with Crippen LogP contribution < -0.4 is 15.7 Å². The lowest BCUT2D eigenvalue weighted by molar-refractivity contribution is 0.0996. The van der Waals surface area contributed by atoms with Crippen molar-refractivity contribution in [2.24, 2.45) is 13.0 Å². The number of benzene rings is 1. The van der Waals surface area contributed by atoms with E-state index < -0.39 is 11.7 Å². The number of hydrogen-bond donors (Lipinski definition) is 1. The Kier molecular flexibility index (Phi) is 6.68. The molecule has 3 aromatic rings. The van der Waals surface area contributed by atoms with Crippen molar-refractivity contribution in [3.05, 3.63) is 51.6 Å². The molecule has 1 saturated carbocycles. The van der Waals surface area contributed by atoms with Gasteiger partial charge in [-0.3, -0.25) is 14.0 Å². The second-order valence-electron chi connectivity index (χ2n) is 10.0. The topological polar surface area (TPSA) is 96.0 Å². The van der Waals surface area contributed by atoms with E-state index in [1.54, 1.807) is 22.5 Å². The van der Waals surface area contributed by atoms with Gasteiger partial charge in [-0.05, 0) is 51.5 Å². The third kappa shape index (κ3) is 4.68. The number of halogens is 1. The van der Waals surface area contributed by atoms with E-state index in [2.05, 4.69) is 15.5 Å². The molecule has 1 N–H and O–H groups in total. The molecule has 1 unspecified atom stereocenters. The Labute approximate surface area is 209 Å². The molecule has 1 aliphatic heterocycles. The Morgan fingerprint density at radius 1 is 1.17 bits per heavy atom. The smallest absolute Gasteiger partial charge is 0.350 e. The van der Waals surface area contributed by atoms with E-state index in [-0.39, 0.29) is 28.8 Å². The lowest BCUT2D eigenvalue weighted by atomic mass is 9.86. The molecule has 5 rings (SSSR count). The lowest BCUT2D eigenvalue weighted by Crippen LogP contribution is -2.28. The van der Waals surface area contributed by atoms with Crippen molar-refractivity contribution in [1.29, 1.82) is 0 Å². The van der Waals surface area contributed by atoms with Crippen LogP contribution in [0.25, 0.3) is 5.69 Å². The van der Waals surface area contributed by atoms with Crippen LogP contribution in [-0.4, -0.2) is 36.1 Å². The lowest BCUT2D eigenvalue weighted by Gasteiger charge is -2.29. The first-order valence-corrected chi connectivity index (χ1v) is 12.8. The summed E-state index contributed by atoms with van der Waals surface area (Å²) in [6, 6.07) is 2.58. The number of ether oxygens (including phenoxy) is 1. The maximum absolute atomic E-state index is 15.5. The molecule has 0 radical (unpaired) electrons. The van der Waals surface area contributed by atoms with Gasteiger partial charge in [-0.15, -0.1) is 5.10 Å². The van der Waals surface area contributed by atoms with E-state index in [9.17, 15) is 9.59 Å². The maximum atomic E-state index is 15.5. The first kappa shape index (κ1) is 24.3. The first-order valence-electron chi connectivity index (χ1n) is 12.8. The van der Waals surface area contributed by atoms with E-state index in [0.717, 1.165) is 54.8 Å². The van der Waals surface area contributed by atoms with Crippen LogP contribution in [0.2, 0.25) is 0 Å².